The summed E-state index contributed by atoms with van der Waals surface area (Å²) in [5, 5.41) is 21.7. The third-order valence-electron chi connectivity index (χ3n) is 8.73. The van der Waals surface area contributed by atoms with Gasteiger partial charge in [-0.25, -0.2) is 9.59 Å². The van der Waals surface area contributed by atoms with E-state index in [-0.39, 0.29) is 47.5 Å². The molecular weight excluding hydrogens is 754 g/mol. The van der Waals surface area contributed by atoms with E-state index in [0.29, 0.717) is 46.9 Å². The van der Waals surface area contributed by atoms with Crippen LogP contribution in [0.2, 0.25) is 20.1 Å². The van der Waals surface area contributed by atoms with Crippen molar-refractivity contribution in [3.63, 3.8) is 0 Å². The average Bonchev–Trinajstić information content (AvgIpc) is 3.55. The van der Waals surface area contributed by atoms with E-state index in [1.807, 2.05) is 13.8 Å². The molecular formula is C38H50Cl4N2O8. The first-order chi connectivity index (χ1) is 24.0. The number of Topliss-reactive ketones (excluding diaryl/α,β-unsaturated/α-hetero) is 2. The lowest BCUT2D eigenvalue weighted by Gasteiger charge is -2.37. The van der Waals surface area contributed by atoms with E-state index < -0.39 is 46.7 Å². The van der Waals surface area contributed by atoms with Crippen LogP contribution in [0.1, 0.15) is 115 Å². The van der Waals surface area contributed by atoms with Gasteiger partial charge in [0.25, 0.3) is 0 Å². The van der Waals surface area contributed by atoms with Crippen LogP contribution in [-0.4, -0.2) is 91.3 Å². The molecule has 2 aromatic rings. The molecule has 2 amide bonds. The highest BCUT2D eigenvalue weighted by Gasteiger charge is 2.54. The Morgan fingerprint density at radius 3 is 1.25 bits per heavy atom. The normalized spacial score (nSPS) is 23.2. The predicted molar refractivity (Wildman–Crippen MR) is 204 cm³/mol. The number of β-amino-alcohol motifs (C(OH)–C–C–N with tert-alkyl or cyclic N) is 2. The van der Waals surface area contributed by atoms with Crippen LogP contribution >= 0.6 is 46.4 Å². The second kappa shape index (κ2) is 17.2. The Hall–Kier alpha value is -2.60. The van der Waals surface area contributed by atoms with Gasteiger partial charge in [-0.3, -0.25) is 19.4 Å². The van der Waals surface area contributed by atoms with E-state index in [0.717, 1.165) is 0 Å². The third-order valence-corrected chi connectivity index (χ3v) is 10.2. The van der Waals surface area contributed by atoms with Gasteiger partial charge < -0.3 is 19.7 Å². The van der Waals surface area contributed by atoms with Crippen LogP contribution in [0.5, 0.6) is 0 Å². The third kappa shape index (κ3) is 10.3. The highest BCUT2D eigenvalue weighted by Crippen LogP contribution is 2.40. The van der Waals surface area contributed by atoms with Gasteiger partial charge in [-0.05, 0) is 90.8 Å². The molecule has 4 atom stereocenters. The highest BCUT2D eigenvalue weighted by atomic mass is 35.5. The molecule has 0 aliphatic carbocycles. The summed E-state index contributed by atoms with van der Waals surface area (Å²) in [6.45, 7) is 14.6. The molecule has 2 saturated heterocycles. The summed E-state index contributed by atoms with van der Waals surface area (Å²) in [7, 11) is 0. The number of halogens is 4. The van der Waals surface area contributed by atoms with E-state index in [4.69, 9.17) is 55.9 Å². The number of rotatable bonds is 8. The molecule has 0 bridgehead atoms. The van der Waals surface area contributed by atoms with Crippen molar-refractivity contribution < 1.29 is 38.9 Å². The summed E-state index contributed by atoms with van der Waals surface area (Å²) < 4.78 is 11.0. The number of aliphatic hydroxyl groups is 2. The second-order valence-corrected chi connectivity index (χ2v) is 17.0. The second-order valence-electron chi connectivity index (χ2n) is 15.4. The van der Waals surface area contributed by atoms with E-state index >= 15 is 0 Å². The van der Waals surface area contributed by atoms with Crippen LogP contribution < -0.4 is 0 Å². The van der Waals surface area contributed by atoms with Crippen LogP contribution in [0.25, 0.3) is 0 Å². The molecule has 2 aromatic carbocycles. The first-order valence-electron chi connectivity index (χ1n) is 17.4. The molecule has 2 aliphatic heterocycles. The molecule has 14 heteroatoms. The summed E-state index contributed by atoms with van der Waals surface area (Å²) in [6.07, 6.45) is -0.283. The Morgan fingerprint density at radius 2 is 0.981 bits per heavy atom. The van der Waals surface area contributed by atoms with Gasteiger partial charge in [-0.1, -0.05) is 73.1 Å². The lowest BCUT2D eigenvalue weighted by atomic mass is 9.82. The fraction of sp³-hybridized carbons (Fsp3) is 0.579. The van der Waals surface area contributed by atoms with Gasteiger partial charge in [0.2, 0.25) is 0 Å². The first-order valence-corrected chi connectivity index (χ1v) is 18.9. The molecule has 4 rings (SSSR count). The molecule has 0 radical (unpaired) electrons. The van der Waals surface area contributed by atoms with Crippen molar-refractivity contribution in [1.29, 1.82) is 0 Å². The van der Waals surface area contributed by atoms with Crippen molar-refractivity contribution in [2.24, 2.45) is 0 Å². The van der Waals surface area contributed by atoms with Gasteiger partial charge >= 0.3 is 12.2 Å². The molecule has 2 N–H and O–H groups in total. The number of ketones is 2. The van der Waals surface area contributed by atoms with Gasteiger partial charge in [0, 0.05) is 24.0 Å². The quantitative estimate of drug-likeness (QED) is 0.252. The van der Waals surface area contributed by atoms with Gasteiger partial charge in [0.1, 0.15) is 22.3 Å². The largest absolute Gasteiger partial charge is 0.444 e. The monoisotopic (exact) mass is 802 g/mol. The van der Waals surface area contributed by atoms with Crippen LogP contribution in [0.3, 0.4) is 0 Å². The number of nitrogens with zero attached hydrogens (tertiary/aromatic N) is 2. The summed E-state index contributed by atoms with van der Waals surface area (Å²) in [6, 6.07) is 9.29. The SMILES string of the molecule is CCC[C@]1(C(=O)c2ccc(Cl)c(Cl)c2)CC(O)CN1C(=O)OC(C)(C)C.CCC[C@]1(C(=O)c2ccc(Cl)c(Cl)c2)CC(O)CN1C(=O)OC(C)(C)C. The number of carbonyl (C=O) groups is 4. The number of ether oxygens (including phenoxy) is 2. The van der Waals surface area contributed by atoms with Crippen molar-refractivity contribution in [1.82, 2.24) is 9.80 Å². The maximum Gasteiger partial charge on any atom is 0.411 e. The van der Waals surface area contributed by atoms with E-state index in [1.165, 1.54) is 21.9 Å². The highest BCUT2D eigenvalue weighted by molar-refractivity contribution is 6.42. The molecule has 0 spiro atoms. The molecule has 2 fully saturated rings. The molecule has 2 unspecified atom stereocenters. The first kappa shape index (κ1) is 43.8. The number of carbonyl (C=O) groups excluding carboxylic acids is 4. The molecule has 52 heavy (non-hydrogen) atoms. The molecule has 2 aliphatic rings. The van der Waals surface area contributed by atoms with Crippen molar-refractivity contribution >= 4 is 70.2 Å². The summed E-state index contributed by atoms with van der Waals surface area (Å²) in [5.41, 5.74) is -3.00. The average molecular weight is 805 g/mol. The number of hydrogen-bond donors (Lipinski definition) is 2. The lowest BCUT2D eigenvalue weighted by Crippen LogP contribution is -2.54. The van der Waals surface area contributed by atoms with Crippen molar-refractivity contribution in [3.05, 3.63) is 67.6 Å². The molecule has 2 heterocycles. The van der Waals surface area contributed by atoms with E-state index in [1.54, 1.807) is 65.8 Å². The molecule has 0 aromatic heterocycles. The van der Waals surface area contributed by atoms with Crippen molar-refractivity contribution in [2.45, 2.75) is 128 Å². The zero-order chi connectivity index (χ0) is 39.4. The van der Waals surface area contributed by atoms with Gasteiger partial charge in [-0.15, -0.1) is 0 Å². The van der Waals surface area contributed by atoms with Crippen LogP contribution in [0, 0.1) is 0 Å². The Bertz CT molecular complexity index is 1520. The van der Waals surface area contributed by atoms with Crippen LogP contribution in [-0.2, 0) is 9.47 Å². The minimum atomic E-state index is -1.16. The topological polar surface area (TPSA) is 134 Å². The zero-order valence-corrected chi connectivity index (χ0v) is 34.0. The van der Waals surface area contributed by atoms with E-state index in [2.05, 4.69) is 0 Å². The van der Waals surface area contributed by atoms with Crippen molar-refractivity contribution in [3.8, 4) is 0 Å². The predicted octanol–water partition coefficient (Wildman–Crippen LogP) is 9.43. The lowest BCUT2D eigenvalue weighted by molar-refractivity contribution is 0.00622. The Labute approximate surface area is 326 Å². The Morgan fingerprint density at radius 1 is 0.654 bits per heavy atom. The maximum atomic E-state index is 13.4. The maximum absolute atomic E-state index is 13.4. The zero-order valence-electron chi connectivity index (χ0n) is 31.0. The standard InChI is InChI=1S/2C19H25Cl2NO4/c2*1-5-8-19(16(24)12-6-7-14(20)15(21)9-12)10-13(23)11-22(19)17(25)26-18(2,3)4/h2*6-7,9,13,23H,5,8,10-11H2,1-4H3/t2*13?,19-/m11/s1. The van der Waals surface area contributed by atoms with Gasteiger partial charge in [-0.2, -0.15) is 0 Å². The van der Waals surface area contributed by atoms with E-state index in [9.17, 15) is 29.4 Å². The summed E-state index contributed by atoms with van der Waals surface area (Å²) >= 11 is 24.0. The smallest absolute Gasteiger partial charge is 0.411 e. The fourth-order valence-corrected chi connectivity index (χ4v) is 7.40. The minimum Gasteiger partial charge on any atom is -0.444 e. The fourth-order valence-electron chi connectivity index (χ4n) is 6.80. The number of benzene rings is 2. The summed E-state index contributed by atoms with van der Waals surface area (Å²) in [5.74, 6) is -0.527. The Kier molecular flexibility index (Phi) is 14.5. The van der Waals surface area contributed by atoms with Gasteiger partial charge in [0.05, 0.1) is 45.4 Å². The van der Waals surface area contributed by atoms with Gasteiger partial charge in [0.15, 0.2) is 11.6 Å². The van der Waals surface area contributed by atoms with Crippen molar-refractivity contribution in [2.75, 3.05) is 13.1 Å². The minimum absolute atomic E-state index is 0.0575. The Balaban J connectivity index is 0.000000280. The molecule has 10 nitrogen and oxygen atoms in total. The number of amides is 2. The number of aliphatic hydroxyl groups excluding tert-OH is 2. The number of hydrogen-bond acceptors (Lipinski definition) is 8. The molecule has 0 saturated carbocycles. The van der Waals surface area contributed by atoms with Crippen LogP contribution in [0.15, 0.2) is 36.4 Å². The molecule has 288 valence electrons. The van der Waals surface area contributed by atoms with Crippen LogP contribution in [0.4, 0.5) is 9.59 Å². The number of likely N-dealkylation sites (tertiary alicyclic amines) is 2. The summed E-state index contributed by atoms with van der Waals surface area (Å²) in [4.78, 5) is 55.0.